The number of amides is 1. The Labute approximate surface area is 88.7 Å². The van der Waals surface area contributed by atoms with Gasteiger partial charge in [0, 0.05) is 7.05 Å². The molecular weight excluding hydrogens is 195 g/mol. The molecule has 0 unspecified atom stereocenters. The number of rotatable bonds is 2. The van der Waals surface area contributed by atoms with Crippen molar-refractivity contribution < 1.29 is 9.18 Å². The molecule has 0 aliphatic carbocycles. The molecule has 0 aliphatic heterocycles. The zero-order chi connectivity index (χ0) is 11.6. The number of likely N-dealkylation sites (N-methyl/N-ethyl adjacent to an activating group) is 1. The van der Waals surface area contributed by atoms with Gasteiger partial charge in [-0.3, -0.25) is 9.80 Å². The molecule has 1 aromatic carbocycles. The third kappa shape index (κ3) is 2.33. The van der Waals surface area contributed by atoms with Gasteiger partial charge >= 0.3 is 0 Å². The molecule has 1 rings (SSSR count). The highest BCUT2D eigenvalue weighted by molar-refractivity contribution is 5.86. The molecular formula is C11H15FN2O. The summed E-state index contributed by atoms with van der Waals surface area (Å²) in [4.78, 5) is 11.8. The van der Waals surface area contributed by atoms with Gasteiger partial charge in [0.25, 0.3) is 0 Å². The van der Waals surface area contributed by atoms with Crippen molar-refractivity contribution >= 4 is 5.91 Å². The van der Waals surface area contributed by atoms with E-state index in [0.29, 0.717) is 0 Å². The summed E-state index contributed by atoms with van der Waals surface area (Å²) in [5.41, 5.74) is 0.00296. The van der Waals surface area contributed by atoms with Gasteiger partial charge in [0.1, 0.15) is 5.82 Å². The fourth-order valence-corrected chi connectivity index (χ4v) is 1.43. The summed E-state index contributed by atoms with van der Waals surface area (Å²) in [6.07, 6.45) is 0. The molecule has 0 aliphatic rings. The molecule has 0 radical (unpaired) electrons. The SMILES string of the molecule is CN(N)C(=O)C(C)(C)c1ccc(F)cc1. The third-order valence-electron chi connectivity index (χ3n) is 2.42. The molecule has 0 fully saturated rings. The average molecular weight is 210 g/mol. The summed E-state index contributed by atoms with van der Waals surface area (Å²) < 4.78 is 12.7. The number of nitrogens with two attached hydrogens (primary N) is 1. The Morgan fingerprint density at radius 1 is 1.33 bits per heavy atom. The zero-order valence-corrected chi connectivity index (χ0v) is 9.12. The van der Waals surface area contributed by atoms with Crippen molar-refractivity contribution in [2.75, 3.05) is 7.05 Å². The van der Waals surface area contributed by atoms with Gasteiger partial charge in [-0.15, -0.1) is 0 Å². The van der Waals surface area contributed by atoms with Gasteiger partial charge in [0.2, 0.25) is 5.91 Å². The predicted molar refractivity (Wildman–Crippen MR) is 56.4 cm³/mol. The van der Waals surface area contributed by atoms with Crippen LogP contribution in [0.4, 0.5) is 4.39 Å². The van der Waals surface area contributed by atoms with Gasteiger partial charge < -0.3 is 0 Å². The smallest absolute Gasteiger partial charge is 0.246 e. The van der Waals surface area contributed by atoms with Crippen LogP contribution in [0.1, 0.15) is 19.4 Å². The summed E-state index contributed by atoms with van der Waals surface area (Å²) >= 11 is 0. The first kappa shape index (κ1) is 11.7. The van der Waals surface area contributed by atoms with Crippen LogP contribution in [0.5, 0.6) is 0 Å². The highest BCUT2D eigenvalue weighted by atomic mass is 19.1. The van der Waals surface area contributed by atoms with E-state index in [1.165, 1.54) is 19.2 Å². The molecule has 0 atom stereocenters. The number of halogens is 1. The van der Waals surface area contributed by atoms with Crippen LogP contribution in [0.3, 0.4) is 0 Å². The lowest BCUT2D eigenvalue weighted by Crippen LogP contribution is -2.44. The van der Waals surface area contributed by atoms with E-state index in [9.17, 15) is 9.18 Å². The fourth-order valence-electron chi connectivity index (χ4n) is 1.43. The van der Waals surface area contributed by atoms with Crippen molar-refractivity contribution in [3.8, 4) is 0 Å². The van der Waals surface area contributed by atoms with Crippen LogP contribution in [0, 0.1) is 5.82 Å². The molecule has 4 heteroatoms. The first-order chi connectivity index (χ1) is 6.85. The Morgan fingerprint density at radius 2 is 1.80 bits per heavy atom. The Kier molecular flexibility index (Phi) is 3.09. The number of hydrogen-bond acceptors (Lipinski definition) is 2. The monoisotopic (exact) mass is 210 g/mol. The normalized spacial score (nSPS) is 11.3. The Bertz CT molecular complexity index is 357. The van der Waals surface area contributed by atoms with E-state index in [1.54, 1.807) is 26.0 Å². The van der Waals surface area contributed by atoms with Gasteiger partial charge in [-0.1, -0.05) is 12.1 Å². The Morgan fingerprint density at radius 3 is 2.20 bits per heavy atom. The van der Waals surface area contributed by atoms with Gasteiger partial charge in [-0.2, -0.15) is 0 Å². The first-order valence-corrected chi connectivity index (χ1v) is 4.64. The minimum absolute atomic E-state index is 0.214. The van der Waals surface area contributed by atoms with E-state index in [-0.39, 0.29) is 11.7 Å². The minimum atomic E-state index is -0.739. The molecule has 1 amide bonds. The van der Waals surface area contributed by atoms with Crippen LogP contribution in [0.15, 0.2) is 24.3 Å². The van der Waals surface area contributed by atoms with E-state index in [1.807, 2.05) is 0 Å². The van der Waals surface area contributed by atoms with Crippen molar-refractivity contribution in [1.82, 2.24) is 5.01 Å². The Hall–Kier alpha value is -1.42. The molecule has 0 spiro atoms. The largest absolute Gasteiger partial charge is 0.283 e. The standard InChI is InChI=1S/C11H15FN2O/c1-11(2,10(15)14(3)13)8-4-6-9(12)7-5-8/h4-7H,13H2,1-3H3. The molecule has 1 aromatic rings. The lowest BCUT2D eigenvalue weighted by molar-refractivity contribution is -0.135. The van der Waals surface area contributed by atoms with Crippen molar-refractivity contribution in [2.45, 2.75) is 19.3 Å². The second-order valence-electron chi connectivity index (χ2n) is 4.05. The van der Waals surface area contributed by atoms with Crippen molar-refractivity contribution in [3.05, 3.63) is 35.6 Å². The molecule has 0 heterocycles. The summed E-state index contributed by atoms with van der Waals surface area (Å²) in [6.45, 7) is 3.51. The predicted octanol–water partition coefficient (Wildman–Crippen LogP) is 1.44. The maximum Gasteiger partial charge on any atom is 0.246 e. The van der Waals surface area contributed by atoms with E-state index < -0.39 is 5.41 Å². The average Bonchev–Trinajstić information content (AvgIpc) is 2.17. The first-order valence-electron chi connectivity index (χ1n) is 4.64. The zero-order valence-electron chi connectivity index (χ0n) is 9.12. The van der Waals surface area contributed by atoms with Crippen LogP contribution < -0.4 is 5.84 Å². The number of carbonyl (C=O) groups excluding carboxylic acids is 1. The molecule has 15 heavy (non-hydrogen) atoms. The van der Waals surface area contributed by atoms with Gasteiger partial charge in [0.15, 0.2) is 0 Å². The minimum Gasteiger partial charge on any atom is -0.283 e. The molecule has 3 nitrogen and oxygen atoms in total. The number of benzene rings is 1. The van der Waals surface area contributed by atoms with E-state index in [2.05, 4.69) is 0 Å². The molecule has 2 N–H and O–H groups in total. The van der Waals surface area contributed by atoms with Gasteiger partial charge in [-0.25, -0.2) is 10.2 Å². The highest BCUT2D eigenvalue weighted by Gasteiger charge is 2.31. The van der Waals surface area contributed by atoms with Crippen LogP contribution in [0.25, 0.3) is 0 Å². The summed E-state index contributed by atoms with van der Waals surface area (Å²) in [7, 11) is 1.49. The van der Waals surface area contributed by atoms with E-state index >= 15 is 0 Å². The number of hydrogen-bond donors (Lipinski definition) is 1. The Balaban J connectivity index is 3.05. The van der Waals surface area contributed by atoms with Crippen LogP contribution in [-0.4, -0.2) is 18.0 Å². The van der Waals surface area contributed by atoms with Crippen LogP contribution >= 0.6 is 0 Å². The fraction of sp³-hybridized carbons (Fsp3) is 0.364. The maximum atomic E-state index is 12.7. The maximum absolute atomic E-state index is 12.7. The van der Waals surface area contributed by atoms with E-state index in [4.69, 9.17) is 5.84 Å². The number of carbonyl (C=O) groups is 1. The molecule has 0 saturated carbocycles. The van der Waals surface area contributed by atoms with E-state index in [0.717, 1.165) is 10.6 Å². The lowest BCUT2D eigenvalue weighted by atomic mass is 9.83. The highest BCUT2D eigenvalue weighted by Crippen LogP contribution is 2.24. The topological polar surface area (TPSA) is 46.3 Å². The van der Waals surface area contributed by atoms with Crippen LogP contribution in [-0.2, 0) is 10.2 Å². The third-order valence-corrected chi connectivity index (χ3v) is 2.42. The van der Waals surface area contributed by atoms with Crippen LogP contribution in [0.2, 0.25) is 0 Å². The molecule has 0 aromatic heterocycles. The van der Waals surface area contributed by atoms with Gasteiger partial charge in [0.05, 0.1) is 5.41 Å². The second-order valence-corrected chi connectivity index (χ2v) is 4.05. The van der Waals surface area contributed by atoms with Crippen molar-refractivity contribution in [1.29, 1.82) is 0 Å². The summed E-state index contributed by atoms with van der Waals surface area (Å²) in [5, 5.41) is 1.04. The van der Waals surface area contributed by atoms with Gasteiger partial charge in [-0.05, 0) is 31.5 Å². The number of hydrazine groups is 1. The summed E-state index contributed by atoms with van der Waals surface area (Å²) in [5.74, 6) is 4.87. The number of nitrogens with zero attached hydrogens (tertiary/aromatic N) is 1. The second kappa shape index (κ2) is 3.98. The molecule has 0 bridgehead atoms. The molecule has 0 saturated heterocycles. The lowest BCUT2D eigenvalue weighted by Gasteiger charge is -2.27. The summed E-state index contributed by atoms with van der Waals surface area (Å²) in [6, 6.07) is 5.86. The van der Waals surface area contributed by atoms with Crippen molar-refractivity contribution in [3.63, 3.8) is 0 Å². The van der Waals surface area contributed by atoms with Crippen molar-refractivity contribution in [2.24, 2.45) is 5.84 Å². The quantitative estimate of drug-likeness (QED) is 0.456. The molecule has 82 valence electrons.